The SMILES string of the molecule is CCCCCCCCCCCCCOC(=O)CCCCCC(C)(C)C. The minimum atomic E-state index is 0.00263. The van der Waals surface area contributed by atoms with Crippen LogP contribution in [0, 0.1) is 5.41 Å². The molecular weight excluding hydrogens is 308 g/mol. The predicted molar refractivity (Wildman–Crippen MR) is 110 cm³/mol. The van der Waals surface area contributed by atoms with E-state index in [0.717, 1.165) is 19.3 Å². The first-order valence-electron chi connectivity index (χ1n) is 11.1. The molecule has 0 aromatic rings. The summed E-state index contributed by atoms with van der Waals surface area (Å²) in [7, 11) is 0. The molecule has 0 atom stereocenters. The highest BCUT2D eigenvalue weighted by Crippen LogP contribution is 2.22. The molecule has 2 heteroatoms. The van der Waals surface area contributed by atoms with Gasteiger partial charge >= 0.3 is 5.97 Å². The van der Waals surface area contributed by atoms with Crippen LogP contribution in [0.4, 0.5) is 0 Å². The molecule has 0 saturated carbocycles. The molecule has 150 valence electrons. The monoisotopic (exact) mass is 354 g/mol. The van der Waals surface area contributed by atoms with E-state index >= 15 is 0 Å². The summed E-state index contributed by atoms with van der Waals surface area (Å²) in [5.74, 6) is 0.00263. The van der Waals surface area contributed by atoms with Crippen LogP contribution in [-0.2, 0) is 9.53 Å². The highest BCUT2D eigenvalue weighted by Gasteiger charge is 2.09. The fourth-order valence-corrected chi connectivity index (χ4v) is 3.13. The minimum absolute atomic E-state index is 0.00263. The largest absolute Gasteiger partial charge is 0.466 e. The van der Waals surface area contributed by atoms with E-state index in [2.05, 4.69) is 27.7 Å². The number of ether oxygens (including phenoxy) is 1. The van der Waals surface area contributed by atoms with Crippen LogP contribution in [0.3, 0.4) is 0 Å². The van der Waals surface area contributed by atoms with Crippen LogP contribution in [0.2, 0.25) is 0 Å². The van der Waals surface area contributed by atoms with E-state index in [4.69, 9.17) is 4.74 Å². The molecule has 0 N–H and O–H groups in total. The van der Waals surface area contributed by atoms with Crippen LogP contribution in [0.5, 0.6) is 0 Å². The summed E-state index contributed by atoms with van der Waals surface area (Å²) in [6.45, 7) is 9.71. The number of hydrogen-bond donors (Lipinski definition) is 0. The lowest BCUT2D eigenvalue weighted by atomic mass is 9.89. The Balaban J connectivity index is 3.20. The van der Waals surface area contributed by atoms with E-state index in [-0.39, 0.29) is 5.97 Å². The lowest BCUT2D eigenvalue weighted by Gasteiger charge is -2.17. The van der Waals surface area contributed by atoms with Gasteiger partial charge in [0.25, 0.3) is 0 Å². The van der Waals surface area contributed by atoms with Gasteiger partial charge in [-0.2, -0.15) is 0 Å². The summed E-state index contributed by atoms with van der Waals surface area (Å²) in [6, 6.07) is 0. The molecule has 0 aromatic heterocycles. The normalized spacial score (nSPS) is 11.7. The van der Waals surface area contributed by atoms with Crippen LogP contribution in [0.1, 0.15) is 130 Å². The Kier molecular flexibility index (Phi) is 16.6. The second-order valence-electron chi connectivity index (χ2n) is 8.88. The number of carbonyl (C=O) groups is 1. The molecule has 0 amide bonds. The average molecular weight is 355 g/mol. The molecule has 0 aromatic carbocycles. The molecule has 0 fully saturated rings. The highest BCUT2D eigenvalue weighted by atomic mass is 16.5. The molecule has 0 heterocycles. The second kappa shape index (κ2) is 16.9. The minimum Gasteiger partial charge on any atom is -0.466 e. The van der Waals surface area contributed by atoms with Gasteiger partial charge < -0.3 is 4.74 Å². The van der Waals surface area contributed by atoms with Crippen LogP contribution < -0.4 is 0 Å². The summed E-state index contributed by atoms with van der Waals surface area (Å²) < 4.78 is 5.33. The molecule has 0 saturated heterocycles. The smallest absolute Gasteiger partial charge is 0.305 e. The van der Waals surface area contributed by atoms with Gasteiger partial charge in [0.1, 0.15) is 0 Å². The number of hydrogen-bond acceptors (Lipinski definition) is 2. The fraction of sp³-hybridized carbons (Fsp3) is 0.957. The first kappa shape index (κ1) is 24.5. The Morgan fingerprint density at radius 3 is 1.68 bits per heavy atom. The predicted octanol–water partition coefficient (Wildman–Crippen LogP) is 7.84. The number of carbonyl (C=O) groups excluding carboxylic acids is 1. The maximum atomic E-state index is 11.7. The Bertz CT molecular complexity index is 291. The lowest BCUT2D eigenvalue weighted by Crippen LogP contribution is -2.06. The lowest BCUT2D eigenvalue weighted by molar-refractivity contribution is -0.143. The Morgan fingerprint density at radius 1 is 0.680 bits per heavy atom. The van der Waals surface area contributed by atoms with Gasteiger partial charge in [0.05, 0.1) is 6.61 Å². The molecule has 2 nitrogen and oxygen atoms in total. The topological polar surface area (TPSA) is 26.3 Å². The molecular formula is C23H46O2. The Morgan fingerprint density at radius 2 is 1.16 bits per heavy atom. The maximum absolute atomic E-state index is 11.7. The summed E-state index contributed by atoms with van der Waals surface area (Å²) in [5.41, 5.74) is 0.412. The third-order valence-electron chi connectivity index (χ3n) is 4.82. The van der Waals surface area contributed by atoms with E-state index in [1.54, 1.807) is 0 Å². The van der Waals surface area contributed by atoms with Crippen molar-refractivity contribution >= 4 is 5.97 Å². The first-order valence-corrected chi connectivity index (χ1v) is 11.1. The van der Waals surface area contributed by atoms with Gasteiger partial charge in [-0.3, -0.25) is 4.79 Å². The van der Waals surface area contributed by atoms with Crippen molar-refractivity contribution < 1.29 is 9.53 Å². The van der Waals surface area contributed by atoms with Crippen molar-refractivity contribution in [1.82, 2.24) is 0 Å². The van der Waals surface area contributed by atoms with Gasteiger partial charge in [0.2, 0.25) is 0 Å². The van der Waals surface area contributed by atoms with Gasteiger partial charge in [0.15, 0.2) is 0 Å². The number of esters is 1. The van der Waals surface area contributed by atoms with Gasteiger partial charge in [-0.05, 0) is 24.7 Å². The van der Waals surface area contributed by atoms with Crippen molar-refractivity contribution in [2.75, 3.05) is 6.61 Å². The van der Waals surface area contributed by atoms with Crippen molar-refractivity contribution in [2.24, 2.45) is 5.41 Å². The van der Waals surface area contributed by atoms with Crippen LogP contribution >= 0.6 is 0 Å². The second-order valence-corrected chi connectivity index (χ2v) is 8.88. The zero-order chi connectivity index (χ0) is 18.8. The molecule has 0 unspecified atom stereocenters. The van der Waals surface area contributed by atoms with Crippen molar-refractivity contribution in [2.45, 2.75) is 130 Å². The first-order chi connectivity index (χ1) is 12.0. The summed E-state index contributed by atoms with van der Waals surface area (Å²) in [4.78, 5) is 11.7. The molecule has 0 radical (unpaired) electrons. The van der Waals surface area contributed by atoms with E-state index in [1.165, 1.54) is 77.0 Å². The van der Waals surface area contributed by atoms with Crippen molar-refractivity contribution in [3.63, 3.8) is 0 Å². The fourth-order valence-electron chi connectivity index (χ4n) is 3.13. The molecule has 0 aliphatic carbocycles. The standard InChI is InChI=1S/C23H46O2/c1-5-6-7-8-9-10-11-12-13-14-18-21-25-22(24)19-16-15-17-20-23(2,3)4/h5-21H2,1-4H3. The van der Waals surface area contributed by atoms with Gasteiger partial charge in [-0.15, -0.1) is 0 Å². The van der Waals surface area contributed by atoms with Gasteiger partial charge in [0, 0.05) is 6.42 Å². The summed E-state index contributed by atoms with van der Waals surface area (Å²) >= 11 is 0. The summed E-state index contributed by atoms with van der Waals surface area (Å²) in [6.07, 6.45) is 19.8. The zero-order valence-corrected chi connectivity index (χ0v) is 17.8. The van der Waals surface area contributed by atoms with Gasteiger partial charge in [-0.25, -0.2) is 0 Å². The number of rotatable bonds is 17. The van der Waals surface area contributed by atoms with E-state index < -0.39 is 0 Å². The van der Waals surface area contributed by atoms with E-state index in [9.17, 15) is 4.79 Å². The molecule has 0 rings (SSSR count). The molecule has 25 heavy (non-hydrogen) atoms. The Hall–Kier alpha value is -0.530. The van der Waals surface area contributed by atoms with Crippen LogP contribution in [-0.4, -0.2) is 12.6 Å². The zero-order valence-electron chi connectivity index (χ0n) is 17.8. The van der Waals surface area contributed by atoms with Crippen molar-refractivity contribution in [1.29, 1.82) is 0 Å². The number of unbranched alkanes of at least 4 members (excludes halogenated alkanes) is 12. The third kappa shape index (κ3) is 21.4. The van der Waals surface area contributed by atoms with Crippen molar-refractivity contribution in [3.8, 4) is 0 Å². The summed E-state index contributed by atoms with van der Waals surface area (Å²) in [5, 5.41) is 0. The maximum Gasteiger partial charge on any atom is 0.305 e. The van der Waals surface area contributed by atoms with Crippen LogP contribution in [0.15, 0.2) is 0 Å². The Labute approximate surface area is 158 Å². The van der Waals surface area contributed by atoms with Crippen molar-refractivity contribution in [3.05, 3.63) is 0 Å². The molecule has 0 spiro atoms. The molecule has 0 aliphatic heterocycles. The van der Waals surface area contributed by atoms with E-state index in [1.807, 2.05) is 0 Å². The average Bonchev–Trinajstić information content (AvgIpc) is 2.54. The highest BCUT2D eigenvalue weighted by molar-refractivity contribution is 5.69. The third-order valence-corrected chi connectivity index (χ3v) is 4.82. The van der Waals surface area contributed by atoms with Gasteiger partial charge in [-0.1, -0.05) is 105 Å². The molecule has 0 aliphatic rings. The quantitative estimate of drug-likeness (QED) is 0.196. The van der Waals surface area contributed by atoms with E-state index in [0.29, 0.717) is 18.4 Å². The van der Waals surface area contributed by atoms with Crippen LogP contribution in [0.25, 0.3) is 0 Å². The molecule has 0 bridgehead atoms.